The molecule has 2 heteroatoms. The lowest BCUT2D eigenvalue weighted by Crippen LogP contribution is -2.41. The number of esters is 1. The van der Waals surface area contributed by atoms with Crippen molar-refractivity contribution in [3.63, 3.8) is 0 Å². The molecule has 17 heavy (non-hydrogen) atoms. The van der Waals surface area contributed by atoms with Crippen molar-refractivity contribution in [1.82, 2.24) is 0 Å². The highest BCUT2D eigenvalue weighted by Crippen LogP contribution is 2.44. The van der Waals surface area contributed by atoms with Crippen molar-refractivity contribution in [2.24, 2.45) is 23.2 Å². The molecule has 1 aliphatic rings. The zero-order valence-electron chi connectivity index (χ0n) is 12.7. The minimum absolute atomic E-state index is 0.0616. The molecule has 0 radical (unpaired) electrons. The average Bonchev–Trinajstić information content (AvgIpc) is 2.33. The van der Waals surface area contributed by atoms with Crippen molar-refractivity contribution in [2.45, 2.75) is 60.8 Å². The van der Waals surface area contributed by atoms with Crippen LogP contribution in [0, 0.1) is 23.2 Å². The molecule has 1 aliphatic carbocycles. The summed E-state index contributed by atoms with van der Waals surface area (Å²) in [4.78, 5) is 11.8. The summed E-state index contributed by atoms with van der Waals surface area (Å²) < 4.78 is 4.91. The van der Waals surface area contributed by atoms with E-state index >= 15 is 0 Å². The summed E-state index contributed by atoms with van der Waals surface area (Å²) in [5.74, 6) is 1.75. The molecule has 1 saturated carbocycles. The van der Waals surface area contributed by atoms with Crippen LogP contribution in [0.3, 0.4) is 0 Å². The van der Waals surface area contributed by atoms with Gasteiger partial charge in [-0.25, -0.2) is 0 Å². The number of carbonyl (C=O) groups is 1. The van der Waals surface area contributed by atoms with E-state index in [4.69, 9.17) is 4.74 Å². The van der Waals surface area contributed by atoms with Crippen LogP contribution < -0.4 is 0 Å². The van der Waals surface area contributed by atoms with Gasteiger partial charge < -0.3 is 4.74 Å². The number of carbonyl (C=O) groups excluding carboxylic acids is 1. The van der Waals surface area contributed by atoms with E-state index in [9.17, 15) is 4.79 Å². The molecule has 0 unspecified atom stereocenters. The van der Waals surface area contributed by atoms with Crippen molar-refractivity contribution in [3.05, 3.63) is 0 Å². The van der Waals surface area contributed by atoms with Crippen LogP contribution in [-0.2, 0) is 9.53 Å². The Balaban J connectivity index is 0.00000121. The summed E-state index contributed by atoms with van der Waals surface area (Å²) in [6.45, 7) is 12.6. The molecule has 0 aromatic rings. The summed E-state index contributed by atoms with van der Waals surface area (Å²) in [7, 11) is 1.49. The maximum atomic E-state index is 11.8. The number of hydrogen-bond acceptors (Lipinski definition) is 2. The highest BCUT2D eigenvalue weighted by molar-refractivity contribution is 5.76. The lowest BCUT2D eigenvalue weighted by atomic mass is 9.63. The van der Waals surface area contributed by atoms with Crippen LogP contribution in [-0.4, -0.2) is 13.1 Å². The van der Waals surface area contributed by atoms with Gasteiger partial charge in [-0.2, -0.15) is 0 Å². The minimum Gasteiger partial charge on any atom is -0.469 e. The molecule has 2 nitrogen and oxygen atoms in total. The number of rotatable bonds is 2. The Morgan fingerprint density at radius 2 is 1.71 bits per heavy atom. The van der Waals surface area contributed by atoms with E-state index in [0.717, 1.165) is 12.3 Å². The van der Waals surface area contributed by atoms with Gasteiger partial charge >= 0.3 is 5.97 Å². The van der Waals surface area contributed by atoms with E-state index < -0.39 is 0 Å². The van der Waals surface area contributed by atoms with E-state index in [1.54, 1.807) is 0 Å². The summed E-state index contributed by atoms with van der Waals surface area (Å²) in [6, 6.07) is 0. The summed E-state index contributed by atoms with van der Waals surface area (Å²) in [5, 5.41) is 0. The third-order valence-electron chi connectivity index (χ3n) is 4.35. The molecule has 0 spiro atoms. The van der Waals surface area contributed by atoms with Crippen LogP contribution in [0.1, 0.15) is 60.8 Å². The van der Waals surface area contributed by atoms with E-state index in [1.807, 2.05) is 27.7 Å². The summed E-state index contributed by atoms with van der Waals surface area (Å²) in [6.07, 6.45) is 3.71. The SMILES string of the molecule is CC.COC(=O)C(C)(C)[C@@H]1CCC[C@H](C)[C@H]1C. The highest BCUT2D eigenvalue weighted by atomic mass is 16.5. The highest BCUT2D eigenvalue weighted by Gasteiger charge is 2.43. The maximum Gasteiger partial charge on any atom is 0.311 e. The van der Waals surface area contributed by atoms with Gasteiger partial charge in [-0.15, -0.1) is 0 Å². The molecule has 1 rings (SSSR count). The van der Waals surface area contributed by atoms with Crippen LogP contribution in [0.2, 0.25) is 0 Å². The van der Waals surface area contributed by atoms with Crippen LogP contribution in [0.5, 0.6) is 0 Å². The van der Waals surface area contributed by atoms with Gasteiger partial charge in [0.05, 0.1) is 12.5 Å². The van der Waals surface area contributed by atoms with Gasteiger partial charge in [0, 0.05) is 0 Å². The molecule has 0 amide bonds. The van der Waals surface area contributed by atoms with E-state index in [2.05, 4.69) is 13.8 Å². The smallest absolute Gasteiger partial charge is 0.311 e. The Hall–Kier alpha value is -0.530. The van der Waals surface area contributed by atoms with Crippen molar-refractivity contribution < 1.29 is 9.53 Å². The first-order chi connectivity index (χ1) is 7.91. The molecule has 0 heterocycles. The van der Waals surface area contributed by atoms with Gasteiger partial charge in [0.2, 0.25) is 0 Å². The predicted octanol–water partition coefficient (Wildman–Crippen LogP) is 4.28. The third-order valence-corrected chi connectivity index (χ3v) is 4.35. The Labute approximate surface area is 107 Å². The van der Waals surface area contributed by atoms with Gasteiger partial charge in [-0.3, -0.25) is 4.79 Å². The molecule has 0 aromatic heterocycles. The Bertz CT molecular complexity index is 233. The normalized spacial score (nSPS) is 29.0. The number of methoxy groups -OCH3 is 1. The van der Waals surface area contributed by atoms with Crippen LogP contribution in [0.15, 0.2) is 0 Å². The fraction of sp³-hybridized carbons (Fsp3) is 0.933. The topological polar surface area (TPSA) is 26.3 Å². The molecular formula is C15H30O2. The van der Waals surface area contributed by atoms with Crippen molar-refractivity contribution >= 4 is 5.97 Å². The lowest BCUT2D eigenvalue weighted by molar-refractivity contribution is -0.156. The minimum atomic E-state index is -0.331. The Morgan fingerprint density at radius 3 is 2.18 bits per heavy atom. The summed E-state index contributed by atoms with van der Waals surface area (Å²) >= 11 is 0. The fourth-order valence-electron chi connectivity index (χ4n) is 3.01. The lowest BCUT2D eigenvalue weighted by Gasteiger charge is -2.42. The maximum absolute atomic E-state index is 11.8. The zero-order chi connectivity index (χ0) is 13.6. The van der Waals surface area contributed by atoms with Crippen LogP contribution >= 0.6 is 0 Å². The summed E-state index contributed by atoms with van der Waals surface area (Å²) in [5.41, 5.74) is -0.331. The van der Waals surface area contributed by atoms with Crippen LogP contribution in [0.4, 0.5) is 0 Å². The van der Waals surface area contributed by atoms with Gasteiger partial charge in [0.1, 0.15) is 0 Å². The first-order valence-electron chi connectivity index (χ1n) is 6.99. The molecule has 0 saturated heterocycles. The zero-order valence-corrected chi connectivity index (χ0v) is 12.7. The Kier molecular flexibility index (Phi) is 6.81. The molecule has 0 aromatic carbocycles. The fourth-order valence-corrected chi connectivity index (χ4v) is 3.01. The third kappa shape index (κ3) is 3.72. The van der Waals surface area contributed by atoms with Gasteiger partial charge in [-0.1, -0.05) is 40.5 Å². The van der Waals surface area contributed by atoms with Crippen LogP contribution in [0.25, 0.3) is 0 Å². The second kappa shape index (κ2) is 7.03. The first-order valence-corrected chi connectivity index (χ1v) is 6.99. The second-order valence-corrected chi connectivity index (χ2v) is 5.59. The van der Waals surface area contributed by atoms with Gasteiger partial charge in [0.15, 0.2) is 0 Å². The monoisotopic (exact) mass is 242 g/mol. The van der Waals surface area contributed by atoms with Gasteiger partial charge in [-0.05, 0) is 38.0 Å². The quantitative estimate of drug-likeness (QED) is 0.675. The van der Waals surface area contributed by atoms with E-state index in [-0.39, 0.29) is 11.4 Å². The molecular weight excluding hydrogens is 212 g/mol. The molecule has 102 valence electrons. The Morgan fingerprint density at radius 1 is 1.18 bits per heavy atom. The van der Waals surface area contributed by atoms with E-state index in [0.29, 0.717) is 11.8 Å². The number of hydrogen-bond donors (Lipinski definition) is 0. The first kappa shape index (κ1) is 16.5. The molecule has 3 atom stereocenters. The molecule has 0 aliphatic heterocycles. The second-order valence-electron chi connectivity index (χ2n) is 5.59. The van der Waals surface area contributed by atoms with Gasteiger partial charge in [0.25, 0.3) is 0 Å². The largest absolute Gasteiger partial charge is 0.469 e. The predicted molar refractivity (Wildman–Crippen MR) is 72.8 cm³/mol. The molecule has 0 N–H and O–H groups in total. The van der Waals surface area contributed by atoms with Crippen molar-refractivity contribution in [3.8, 4) is 0 Å². The molecule has 0 bridgehead atoms. The molecule has 1 fully saturated rings. The average molecular weight is 242 g/mol. The standard InChI is InChI=1S/C13H24O2.C2H6/c1-9-7-6-8-11(10(9)2)13(3,4)12(14)15-5;1-2/h9-11H,6-8H2,1-5H3;1-2H3/t9-,10+,11+;/m0./s1. The van der Waals surface area contributed by atoms with E-state index in [1.165, 1.54) is 20.0 Å². The van der Waals surface area contributed by atoms with Crippen molar-refractivity contribution in [1.29, 1.82) is 0 Å². The number of ether oxygens (including phenoxy) is 1. The van der Waals surface area contributed by atoms with Crippen molar-refractivity contribution in [2.75, 3.05) is 7.11 Å².